The maximum atomic E-state index is 10.9. The third-order valence-electron chi connectivity index (χ3n) is 3.89. The molecule has 0 saturated carbocycles. The van der Waals surface area contributed by atoms with Gasteiger partial charge in [-0.05, 0) is 38.3 Å². The summed E-state index contributed by atoms with van der Waals surface area (Å²) < 4.78 is 5.68. The lowest BCUT2D eigenvalue weighted by molar-refractivity contribution is -0.385. The van der Waals surface area contributed by atoms with Crippen LogP contribution in [0, 0.1) is 17.0 Å². The van der Waals surface area contributed by atoms with Gasteiger partial charge in [0.15, 0.2) is 0 Å². The second-order valence-corrected chi connectivity index (χ2v) is 5.31. The van der Waals surface area contributed by atoms with Gasteiger partial charge in [0.2, 0.25) is 0 Å². The number of nitro groups is 1. The molecule has 0 radical (unpaired) electrons. The Labute approximate surface area is 119 Å². The smallest absolute Gasteiger partial charge is 0.272 e. The average Bonchev–Trinajstić information content (AvgIpc) is 2.46. The van der Waals surface area contributed by atoms with E-state index in [2.05, 4.69) is 5.32 Å². The minimum atomic E-state index is -0.342. The monoisotopic (exact) mass is 278 g/mol. The van der Waals surface area contributed by atoms with Gasteiger partial charge in [-0.1, -0.05) is 18.6 Å². The molecule has 110 valence electrons. The number of nitrogens with one attached hydrogen (secondary N) is 1. The fourth-order valence-electron chi connectivity index (χ4n) is 2.60. The van der Waals surface area contributed by atoms with Crippen molar-refractivity contribution in [1.82, 2.24) is 5.32 Å². The molecule has 2 rings (SSSR count). The van der Waals surface area contributed by atoms with Crippen molar-refractivity contribution >= 4 is 5.69 Å². The highest BCUT2D eigenvalue weighted by molar-refractivity contribution is 5.44. The van der Waals surface area contributed by atoms with E-state index in [1.807, 2.05) is 6.07 Å². The summed E-state index contributed by atoms with van der Waals surface area (Å²) in [4.78, 5) is 10.5. The van der Waals surface area contributed by atoms with Gasteiger partial charge in [0, 0.05) is 24.3 Å². The van der Waals surface area contributed by atoms with Crippen LogP contribution in [0.2, 0.25) is 0 Å². The van der Waals surface area contributed by atoms with E-state index >= 15 is 0 Å². The highest BCUT2D eigenvalue weighted by atomic mass is 16.6. The Morgan fingerprint density at radius 1 is 1.45 bits per heavy atom. The van der Waals surface area contributed by atoms with Crippen molar-refractivity contribution in [2.24, 2.45) is 0 Å². The molecular formula is C15H22N2O3. The maximum Gasteiger partial charge on any atom is 0.272 e. The first kappa shape index (κ1) is 14.9. The normalized spacial score (nSPS) is 18.9. The van der Waals surface area contributed by atoms with E-state index in [-0.39, 0.29) is 10.6 Å². The molecule has 0 spiro atoms. The first-order valence-electron chi connectivity index (χ1n) is 7.22. The summed E-state index contributed by atoms with van der Waals surface area (Å²) in [6.07, 6.45) is 4.79. The first-order valence-corrected chi connectivity index (χ1v) is 7.22. The van der Waals surface area contributed by atoms with Crippen LogP contribution < -0.4 is 5.32 Å². The Morgan fingerprint density at radius 2 is 2.30 bits per heavy atom. The molecule has 1 N–H and O–H groups in total. The molecule has 20 heavy (non-hydrogen) atoms. The summed E-state index contributed by atoms with van der Waals surface area (Å²) in [7, 11) is 0. The van der Waals surface area contributed by atoms with Crippen LogP contribution in [0.15, 0.2) is 18.2 Å². The van der Waals surface area contributed by atoms with Gasteiger partial charge in [-0.3, -0.25) is 10.1 Å². The molecule has 1 fully saturated rings. The number of nitrogens with zero attached hydrogens (tertiary/aromatic N) is 1. The zero-order chi connectivity index (χ0) is 14.4. The highest BCUT2D eigenvalue weighted by Gasteiger charge is 2.14. The molecule has 0 amide bonds. The Hall–Kier alpha value is -1.46. The second-order valence-electron chi connectivity index (χ2n) is 5.31. The molecular weight excluding hydrogens is 256 g/mol. The summed E-state index contributed by atoms with van der Waals surface area (Å²) in [5.41, 5.74) is 1.77. The van der Waals surface area contributed by atoms with Crippen LogP contribution in [0.3, 0.4) is 0 Å². The lowest BCUT2D eigenvalue weighted by Crippen LogP contribution is -2.34. The average molecular weight is 278 g/mol. The van der Waals surface area contributed by atoms with Crippen LogP contribution in [0.5, 0.6) is 0 Å². The number of nitro benzene ring substituents is 1. The topological polar surface area (TPSA) is 64.4 Å². The number of benzene rings is 1. The Balaban J connectivity index is 1.79. The maximum absolute atomic E-state index is 10.9. The largest absolute Gasteiger partial charge is 0.377 e. The Morgan fingerprint density at radius 3 is 3.00 bits per heavy atom. The van der Waals surface area contributed by atoms with E-state index in [0.717, 1.165) is 18.5 Å². The standard InChI is InChI=1S/C15H22N2O3/c1-12-13(5-4-7-15(12)17(18)19)11-20-10-8-14-6-2-3-9-16-14/h4-5,7,14,16H,2-3,6,8-11H2,1H3. The van der Waals surface area contributed by atoms with Crippen molar-refractivity contribution in [2.75, 3.05) is 13.2 Å². The van der Waals surface area contributed by atoms with E-state index in [4.69, 9.17) is 4.74 Å². The summed E-state index contributed by atoms with van der Waals surface area (Å²) in [6.45, 7) is 4.02. The quantitative estimate of drug-likeness (QED) is 0.493. The van der Waals surface area contributed by atoms with Crippen molar-refractivity contribution in [1.29, 1.82) is 0 Å². The van der Waals surface area contributed by atoms with Crippen molar-refractivity contribution in [3.05, 3.63) is 39.4 Å². The number of ether oxygens (including phenoxy) is 1. The number of rotatable bonds is 6. The molecule has 1 saturated heterocycles. The third kappa shape index (κ3) is 4.02. The van der Waals surface area contributed by atoms with E-state index in [1.165, 1.54) is 25.3 Å². The van der Waals surface area contributed by atoms with Gasteiger partial charge in [0.25, 0.3) is 5.69 Å². The summed E-state index contributed by atoms with van der Waals surface area (Å²) >= 11 is 0. The lowest BCUT2D eigenvalue weighted by atomic mass is 10.0. The molecule has 0 aliphatic carbocycles. The predicted molar refractivity (Wildman–Crippen MR) is 77.7 cm³/mol. The Kier molecular flexibility index (Phi) is 5.49. The van der Waals surface area contributed by atoms with Crippen LogP contribution in [0.4, 0.5) is 5.69 Å². The van der Waals surface area contributed by atoms with Crippen molar-refractivity contribution in [3.8, 4) is 0 Å². The highest BCUT2D eigenvalue weighted by Crippen LogP contribution is 2.21. The Bertz CT molecular complexity index is 456. The van der Waals surface area contributed by atoms with Gasteiger partial charge in [-0.25, -0.2) is 0 Å². The van der Waals surface area contributed by atoms with Gasteiger partial charge in [0.05, 0.1) is 11.5 Å². The molecule has 1 aliphatic heterocycles. The SMILES string of the molecule is Cc1c(COCCC2CCCCN2)cccc1[N+](=O)[O-]. The van der Waals surface area contributed by atoms with Crippen LogP contribution in [0.1, 0.15) is 36.8 Å². The zero-order valence-electron chi connectivity index (χ0n) is 11.9. The molecule has 0 bridgehead atoms. The van der Waals surface area contributed by atoms with Crippen LogP contribution >= 0.6 is 0 Å². The zero-order valence-corrected chi connectivity index (χ0v) is 11.9. The number of hydrogen-bond donors (Lipinski definition) is 1. The molecule has 5 heteroatoms. The summed E-state index contributed by atoms with van der Waals surface area (Å²) in [6, 6.07) is 5.70. The van der Waals surface area contributed by atoms with Crippen LogP contribution in [-0.2, 0) is 11.3 Å². The number of piperidine rings is 1. The molecule has 5 nitrogen and oxygen atoms in total. The molecule has 1 unspecified atom stereocenters. The van der Waals surface area contributed by atoms with Crippen LogP contribution in [0.25, 0.3) is 0 Å². The van der Waals surface area contributed by atoms with Crippen LogP contribution in [-0.4, -0.2) is 24.1 Å². The van der Waals surface area contributed by atoms with E-state index in [0.29, 0.717) is 24.8 Å². The van der Waals surface area contributed by atoms with Gasteiger partial charge in [0.1, 0.15) is 0 Å². The van der Waals surface area contributed by atoms with E-state index in [1.54, 1.807) is 13.0 Å². The third-order valence-corrected chi connectivity index (χ3v) is 3.89. The van der Waals surface area contributed by atoms with Gasteiger partial charge in [-0.15, -0.1) is 0 Å². The second kappa shape index (κ2) is 7.36. The molecule has 1 aliphatic rings. The first-order chi connectivity index (χ1) is 9.68. The van der Waals surface area contributed by atoms with Crippen molar-refractivity contribution in [3.63, 3.8) is 0 Å². The van der Waals surface area contributed by atoms with Crippen molar-refractivity contribution < 1.29 is 9.66 Å². The number of hydrogen-bond acceptors (Lipinski definition) is 4. The summed E-state index contributed by atoms with van der Waals surface area (Å²) in [5.74, 6) is 0. The fourth-order valence-corrected chi connectivity index (χ4v) is 2.60. The van der Waals surface area contributed by atoms with Crippen molar-refractivity contribution in [2.45, 2.75) is 45.3 Å². The van der Waals surface area contributed by atoms with E-state index in [9.17, 15) is 10.1 Å². The fraction of sp³-hybridized carbons (Fsp3) is 0.600. The minimum absolute atomic E-state index is 0.167. The summed E-state index contributed by atoms with van der Waals surface area (Å²) in [5, 5.41) is 14.4. The van der Waals surface area contributed by atoms with Gasteiger partial charge >= 0.3 is 0 Å². The molecule has 1 aromatic carbocycles. The lowest BCUT2D eigenvalue weighted by Gasteiger charge is -2.23. The molecule has 1 aromatic rings. The molecule has 0 aromatic heterocycles. The van der Waals surface area contributed by atoms with Gasteiger partial charge in [-0.2, -0.15) is 0 Å². The minimum Gasteiger partial charge on any atom is -0.377 e. The van der Waals surface area contributed by atoms with E-state index < -0.39 is 0 Å². The predicted octanol–water partition coefficient (Wildman–Crippen LogP) is 2.95. The molecule has 1 atom stereocenters. The molecule has 1 heterocycles. The van der Waals surface area contributed by atoms with Gasteiger partial charge < -0.3 is 10.1 Å².